The van der Waals surface area contributed by atoms with Gasteiger partial charge < -0.3 is 10.4 Å². The van der Waals surface area contributed by atoms with Gasteiger partial charge in [-0.2, -0.15) is 5.26 Å². The monoisotopic (exact) mass is 413 g/mol. The summed E-state index contributed by atoms with van der Waals surface area (Å²) in [5.41, 5.74) is 3.58. The van der Waals surface area contributed by atoms with Gasteiger partial charge in [0.2, 0.25) is 0 Å². The minimum Gasteiger partial charge on any atom is -0.480 e. The molecule has 0 amide bonds. The number of nitriles is 1. The molecule has 2 heterocycles. The zero-order chi connectivity index (χ0) is 22.0. The van der Waals surface area contributed by atoms with E-state index in [2.05, 4.69) is 26.3 Å². The summed E-state index contributed by atoms with van der Waals surface area (Å²) in [6, 6.07) is 12.5. The highest BCUT2D eigenvalue weighted by molar-refractivity contribution is 5.99. The Balaban J connectivity index is 1.89. The summed E-state index contributed by atoms with van der Waals surface area (Å²) in [6.45, 7) is 1.45. The highest BCUT2D eigenvalue weighted by Gasteiger charge is 2.20. The first-order valence-corrected chi connectivity index (χ1v) is 9.36. The van der Waals surface area contributed by atoms with Crippen molar-refractivity contribution in [2.45, 2.75) is 13.0 Å². The predicted molar refractivity (Wildman–Crippen MR) is 114 cm³/mol. The Kier molecular flexibility index (Phi) is 5.24. The third-order valence-corrected chi connectivity index (χ3v) is 4.84. The van der Waals surface area contributed by atoms with E-state index in [4.69, 9.17) is 0 Å². The van der Waals surface area contributed by atoms with Crippen LogP contribution in [0.5, 0.6) is 0 Å². The fourth-order valence-corrected chi connectivity index (χ4v) is 3.25. The summed E-state index contributed by atoms with van der Waals surface area (Å²) in [6.07, 6.45) is 4.84. The van der Waals surface area contributed by atoms with Crippen LogP contribution in [-0.4, -0.2) is 32.1 Å². The number of hydrogen-bond acceptors (Lipinski definition) is 6. The maximum Gasteiger partial charge on any atom is 0.325 e. The smallest absolute Gasteiger partial charge is 0.325 e. The Hall–Kier alpha value is -4.38. The molecule has 0 saturated carbocycles. The molecule has 0 aliphatic carbocycles. The second kappa shape index (κ2) is 8.16. The number of fused-ring (bicyclic) bond motifs is 1. The Morgan fingerprint density at radius 2 is 1.77 bits per heavy atom. The average molecular weight is 413 g/mol. The summed E-state index contributed by atoms with van der Waals surface area (Å²) < 4.78 is 13.9. The van der Waals surface area contributed by atoms with Crippen LogP contribution < -0.4 is 5.32 Å². The first-order chi connectivity index (χ1) is 15.0. The Bertz CT molecular complexity index is 1320. The fourth-order valence-electron chi connectivity index (χ4n) is 3.25. The highest BCUT2D eigenvalue weighted by Crippen LogP contribution is 2.35. The van der Waals surface area contributed by atoms with Crippen molar-refractivity contribution in [2.24, 2.45) is 0 Å². The zero-order valence-corrected chi connectivity index (χ0v) is 16.4. The summed E-state index contributed by atoms with van der Waals surface area (Å²) in [5.74, 6) is -1.60. The van der Waals surface area contributed by atoms with Crippen LogP contribution >= 0.6 is 0 Å². The number of benzene rings is 2. The molecule has 1 atom stereocenters. The molecular weight excluding hydrogens is 397 g/mol. The third-order valence-electron chi connectivity index (χ3n) is 4.84. The van der Waals surface area contributed by atoms with Crippen molar-refractivity contribution in [3.8, 4) is 28.5 Å². The van der Waals surface area contributed by atoms with Crippen LogP contribution in [0.3, 0.4) is 0 Å². The van der Waals surface area contributed by atoms with Gasteiger partial charge in [-0.1, -0.05) is 24.3 Å². The van der Waals surface area contributed by atoms with Crippen LogP contribution in [0.25, 0.3) is 33.3 Å². The van der Waals surface area contributed by atoms with E-state index in [0.717, 1.165) is 11.1 Å². The Labute approximate surface area is 176 Å². The number of hydrogen-bond donors (Lipinski definition) is 2. The number of carboxylic acid groups (broad SMARTS) is 1. The number of pyridine rings is 1. The van der Waals surface area contributed by atoms with Crippen LogP contribution in [-0.2, 0) is 4.79 Å². The molecule has 31 heavy (non-hydrogen) atoms. The van der Waals surface area contributed by atoms with Crippen LogP contribution in [0.4, 0.5) is 10.1 Å². The van der Waals surface area contributed by atoms with Crippen molar-refractivity contribution >= 4 is 22.6 Å². The zero-order valence-electron chi connectivity index (χ0n) is 16.4. The van der Waals surface area contributed by atoms with Gasteiger partial charge in [0.1, 0.15) is 29.8 Å². The van der Waals surface area contributed by atoms with E-state index >= 15 is 0 Å². The molecule has 0 saturated heterocycles. The fraction of sp³-hybridized carbons (Fsp3) is 0.0870. The molecule has 0 aliphatic rings. The van der Waals surface area contributed by atoms with E-state index in [1.54, 1.807) is 12.4 Å². The van der Waals surface area contributed by atoms with Crippen molar-refractivity contribution in [3.05, 3.63) is 72.6 Å². The summed E-state index contributed by atoms with van der Waals surface area (Å²) in [7, 11) is 0. The second-order valence-corrected chi connectivity index (χ2v) is 6.89. The molecule has 2 N–H and O–H groups in total. The second-order valence-electron chi connectivity index (χ2n) is 6.89. The Morgan fingerprint density at radius 1 is 1.10 bits per heavy atom. The highest BCUT2D eigenvalue weighted by atomic mass is 19.1. The van der Waals surface area contributed by atoms with E-state index in [1.807, 2.05) is 24.3 Å². The van der Waals surface area contributed by atoms with Gasteiger partial charge in [0.15, 0.2) is 0 Å². The minimum absolute atomic E-state index is 0.141. The molecule has 0 bridgehead atoms. The molecule has 8 heteroatoms. The maximum absolute atomic E-state index is 13.9. The minimum atomic E-state index is -1.10. The van der Waals surface area contributed by atoms with E-state index in [0.29, 0.717) is 22.2 Å². The van der Waals surface area contributed by atoms with E-state index < -0.39 is 17.8 Å². The number of carboxylic acids is 1. The van der Waals surface area contributed by atoms with Crippen molar-refractivity contribution in [2.75, 3.05) is 5.32 Å². The van der Waals surface area contributed by atoms with Gasteiger partial charge >= 0.3 is 5.97 Å². The van der Waals surface area contributed by atoms with Gasteiger partial charge in [-0.3, -0.25) is 4.79 Å². The topological polar surface area (TPSA) is 112 Å². The van der Waals surface area contributed by atoms with Crippen LogP contribution in [0.2, 0.25) is 0 Å². The SMILES string of the molecule is CC(Nc1c(C#N)c(-c2ccc(-c3cncnc3)cc2)nc2ccc(F)cc12)C(=O)O. The molecule has 4 aromatic rings. The standard InChI is InChI=1S/C23H16FN5O2/c1-13(23(30)31)28-22-18-8-17(24)6-7-20(18)29-21(19(22)9-25)15-4-2-14(3-5-15)16-10-26-12-27-11-16/h2-8,10-13H,1H3,(H,28,29)(H,30,31). The van der Waals surface area contributed by atoms with E-state index in [-0.39, 0.29) is 11.3 Å². The van der Waals surface area contributed by atoms with Gasteiger partial charge in [0, 0.05) is 28.9 Å². The van der Waals surface area contributed by atoms with Crippen molar-refractivity contribution < 1.29 is 14.3 Å². The average Bonchev–Trinajstić information content (AvgIpc) is 2.79. The molecule has 1 unspecified atom stereocenters. The van der Waals surface area contributed by atoms with E-state index in [9.17, 15) is 19.6 Å². The summed E-state index contributed by atoms with van der Waals surface area (Å²) in [4.78, 5) is 24.0. The van der Waals surface area contributed by atoms with Crippen LogP contribution in [0, 0.1) is 17.1 Å². The lowest BCUT2D eigenvalue weighted by Gasteiger charge is -2.17. The number of aliphatic carboxylic acids is 1. The molecule has 2 aromatic carbocycles. The molecule has 2 aromatic heterocycles. The van der Waals surface area contributed by atoms with Crippen molar-refractivity contribution in [1.29, 1.82) is 5.26 Å². The number of halogens is 1. The van der Waals surface area contributed by atoms with Gasteiger partial charge in [-0.25, -0.2) is 19.3 Å². The molecule has 7 nitrogen and oxygen atoms in total. The summed E-state index contributed by atoms with van der Waals surface area (Å²) >= 11 is 0. The first-order valence-electron chi connectivity index (χ1n) is 9.36. The van der Waals surface area contributed by atoms with Gasteiger partial charge in [0.25, 0.3) is 0 Å². The number of anilines is 1. The molecule has 0 aliphatic heterocycles. The number of aromatic nitrogens is 3. The van der Waals surface area contributed by atoms with Crippen LogP contribution in [0.15, 0.2) is 61.2 Å². The van der Waals surface area contributed by atoms with Crippen LogP contribution in [0.1, 0.15) is 12.5 Å². The molecular formula is C23H16FN5O2. The number of rotatable bonds is 5. The lowest BCUT2D eigenvalue weighted by molar-refractivity contribution is -0.137. The lowest BCUT2D eigenvalue weighted by atomic mass is 9.99. The van der Waals surface area contributed by atoms with Crippen molar-refractivity contribution in [1.82, 2.24) is 15.0 Å². The third kappa shape index (κ3) is 3.89. The first kappa shape index (κ1) is 19.9. The Morgan fingerprint density at radius 3 is 2.42 bits per heavy atom. The largest absolute Gasteiger partial charge is 0.480 e. The predicted octanol–water partition coefficient (Wildman–Crippen LogP) is 4.25. The quantitative estimate of drug-likeness (QED) is 0.503. The molecule has 152 valence electrons. The number of nitrogens with zero attached hydrogens (tertiary/aromatic N) is 4. The lowest BCUT2D eigenvalue weighted by Crippen LogP contribution is -2.26. The number of carbonyl (C=O) groups is 1. The maximum atomic E-state index is 13.9. The molecule has 0 fully saturated rings. The number of nitrogens with one attached hydrogen (secondary N) is 1. The normalized spacial score (nSPS) is 11.6. The van der Waals surface area contributed by atoms with Gasteiger partial charge in [0.05, 0.1) is 16.9 Å². The van der Waals surface area contributed by atoms with Gasteiger partial charge in [-0.05, 0) is 30.7 Å². The molecule has 0 spiro atoms. The molecule has 0 radical (unpaired) electrons. The van der Waals surface area contributed by atoms with Gasteiger partial charge in [-0.15, -0.1) is 0 Å². The summed E-state index contributed by atoms with van der Waals surface area (Å²) in [5, 5.41) is 22.4. The van der Waals surface area contributed by atoms with E-state index in [1.165, 1.54) is 31.5 Å². The van der Waals surface area contributed by atoms with Crippen molar-refractivity contribution in [3.63, 3.8) is 0 Å². The molecule has 4 rings (SSSR count).